The van der Waals surface area contributed by atoms with E-state index < -0.39 is 10.9 Å². The zero-order chi connectivity index (χ0) is 14.4. The summed E-state index contributed by atoms with van der Waals surface area (Å²) in [6.07, 6.45) is 1.74. The molecule has 0 radical (unpaired) electrons. The van der Waals surface area contributed by atoms with Crippen molar-refractivity contribution in [1.82, 2.24) is 0 Å². The molecule has 1 aliphatic heterocycles. The van der Waals surface area contributed by atoms with Crippen molar-refractivity contribution in [2.24, 2.45) is 5.92 Å². The fraction of sp³-hybridized carbons (Fsp3) is 0.375. The smallest absolute Gasteiger partial charge is 0.249 e. The quantitative estimate of drug-likeness (QED) is 0.834. The van der Waals surface area contributed by atoms with Crippen LogP contribution in [0.2, 0.25) is 0 Å². The molecule has 104 valence electrons. The average Bonchev–Trinajstić information content (AvgIpc) is 2.80. The zero-order valence-electron chi connectivity index (χ0n) is 11.7. The van der Waals surface area contributed by atoms with Gasteiger partial charge in [0.05, 0.1) is 17.3 Å². The van der Waals surface area contributed by atoms with Gasteiger partial charge in [0.2, 0.25) is 10.9 Å². The van der Waals surface area contributed by atoms with E-state index in [1.54, 1.807) is 0 Å². The van der Waals surface area contributed by atoms with Crippen LogP contribution in [0, 0.1) is 5.92 Å². The number of fused-ring (bicyclic) bond motifs is 1. The molecule has 0 spiro atoms. The van der Waals surface area contributed by atoms with Crippen molar-refractivity contribution in [2.75, 3.05) is 11.1 Å². The summed E-state index contributed by atoms with van der Waals surface area (Å²) in [7, 11) is 0. The summed E-state index contributed by atoms with van der Waals surface area (Å²) in [5.41, 5.74) is 8.76. The van der Waals surface area contributed by atoms with Crippen LogP contribution in [0.15, 0.2) is 27.8 Å². The highest BCUT2D eigenvalue weighted by atomic mass is 16.2. The summed E-state index contributed by atoms with van der Waals surface area (Å²) in [4.78, 5) is 22.8. The Bertz CT molecular complexity index is 739. The lowest BCUT2D eigenvalue weighted by atomic mass is 9.96. The highest BCUT2D eigenvalue weighted by molar-refractivity contribution is 5.64. The highest BCUT2D eigenvalue weighted by Crippen LogP contribution is 2.35. The lowest BCUT2D eigenvalue weighted by Crippen LogP contribution is -2.40. The van der Waals surface area contributed by atoms with Crippen molar-refractivity contribution in [3.8, 4) is 0 Å². The van der Waals surface area contributed by atoms with Crippen LogP contribution in [0.4, 0.5) is 11.4 Å². The molecule has 4 nitrogen and oxygen atoms in total. The van der Waals surface area contributed by atoms with Gasteiger partial charge in [-0.2, -0.15) is 0 Å². The second-order valence-corrected chi connectivity index (χ2v) is 5.98. The van der Waals surface area contributed by atoms with Gasteiger partial charge in [0.15, 0.2) is 0 Å². The molecule has 3 rings (SSSR count). The third-order valence-corrected chi connectivity index (χ3v) is 3.91. The molecular formula is C16H18N2O2. The van der Waals surface area contributed by atoms with Gasteiger partial charge in [-0.25, -0.2) is 0 Å². The minimum absolute atomic E-state index is 0.128. The van der Waals surface area contributed by atoms with E-state index in [1.807, 2.05) is 0 Å². The maximum absolute atomic E-state index is 11.6. The van der Waals surface area contributed by atoms with Gasteiger partial charge in [0.1, 0.15) is 0 Å². The molecule has 2 aromatic rings. The highest BCUT2D eigenvalue weighted by Gasteiger charge is 2.30. The third kappa shape index (κ3) is 1.92. The Balaban J connectivity index is 1.86. The molecular weight excluding hydrogens is 252 g/mol. The molecule has 1 heterocycles. The Morgan fingerprint density at radius 3 is 2.70 bits per heavy atom. The van der Waals surface area contributed by atoms with Crippen molar-refractivity contribution in [3.05, 3.63) is 55.3 Å². The van der Waals surface area contributed by atoms with Crippen LogP contribution in [0.1, 0.15) is 36.6 Å². The number of anilines is 2. The molecule has 1 unspecified atom stereocenters. The Labute approximate surface area is 117 Å². The van der Waals surface area contributed by atoms with E-state index in [2.05, 4.69) is 37.4 Å². The predicted octanol–water partition coefficient (Wildman–Crippen LogP) is 1.77. The molecule has 0 bridgehead atoms. The fourth-order valence-electron chi connectivity index (χ4n) is 2.94. The van der Waals surface area contributed by atoms with Gasteiger partial charge in [-0.15, -0.1) is 0 Å². The monoisotopic (exact) mass is 270 g/mol. The van der Waals surface area contributed by atoms with Crippen LogP contribution in [-0.2, 0) is 12.8 Å². The predicted molar refractivity (Wildman–Crippen MR) is 80.8 cm³/mol. The number of hydrogen-bond acceptors (Lipinski definition) is 4. The number of nitrogen functional groups attached to an aromatic ring is 1. The topological polar surface area (TPSA) is 72.2 Å². The molecule has 0 saturated heterocycles. The maximum atomic E-state index is 11.6. The van der Waals surface area contributed by atoms with E-state index in [1.165, 1.54) is 11.1 Å². The molecule has 4 heteroatoms. The van der Waals surface area contributed by atoms with Crippen molar-refractivity contribution < 1.29 is 0 Å². The number of nitrogens with one attached hydrogen (secondary N) is 1. The van der Waals surface area contributed by atoms with Crippen molar-refractivity contribution in [2.45, 2.75) is 32.7 Å². The maximum Gasteiger partial charge on any atom is 0.249 e. The van der Waals surface area contributed by atoms with E-state index in [0.717, 1.165) is 12.1 Å². The van der Waals surface area contributed by atoms with Crippen LogP contribution in [0.3, 0.4) is 0 Å². The second kappa shape index (κ2) is 4.47. The van der Waals surface area contributed by atoms with E-state index in [9.17, 15) is 9.59 Å². The van der Waals surface area contributed by atoms with E-state index >= 15 is 0 Å². The van der Waals surface area contributed by atoms with Gasteiger partial charge in [0, 0.05) is 5.69 Å². The SMILES string of the molecule is CC(C)Cc1ccc2c(c1)NC(c1c(N)c(=O)c1=O)C2. The van der Waals surface area contributed by atoms with Crippen molar-refractivity contribution in [1.29, 1.82) is 0 Å². The normalized spacial score (nSPS) is 17.4. The first-order valence-corrected chi connectivity index (χ1v) is 6.94. The van der Waals surface area contributed by atoms with Crippen LogP contribution < -0.4 is 21.9 Å². The minimum Gasteiger partial charge on any atom is -0.395 e. The van der Waals surface area contributed by atoms with E-state index in [4.69, 9.17) is 5.73 Å². The molecule has 1 atom stereocenters. The number of nitrogens with two attached hydrogens (primary N) is 1. The average molecular weight is 270 g/mol. The molecule has 0 saturated carbocycles. The fourth-order valence-corrected chi connectivity index (χ4v) is 2.94. The zero-order valence-corrected chi connectivity index (χ0v) is 11.7. The summed E-state index contributed by atoms with van der Waals surface area (Å²) in [5, 5.41) is 3.32. The lowest BCUT2D eigenvalue weighted by molar-refractivity contribution is 0.647. The number of rotatable bonds is 3. The molecule has 3 N–H and O–H groups in total. The van der Waals surface area contributed by atoms with Gasteiger partial charge in [-0.1, -0.05) is 26.0 Å². The minimum atomic E-state index is -0.543. The Morgan fingerprint density at radius 2 is 2.05 bits per heavy atom. The van der Waals surface area contributed by atoms with Crippen LogP contribution >= 0.6 is 0 Å². The van der Waals surface area contributed by atoms with Crippen LogP contribution in [0.5, 0.6) is 0 Å². The first kappa shape index (κ1) is 12.9. The number of benzene rings is 1. The molecule has 20 heavy (non-hydrogen) atoms. The summed E-state index contributed by atoms with van der Waals surface area (Å²) < 4.78 is 0. The van der Waals surface area contributed by atoms with E-state index in [-0.39, 0.29) is 11.7 Å². The van der Waals surface area contributed by atoms with Gasteiger partial charge in [-0.3, -0.25) is 9.59 Å². The van der Waals surface area contributed by atoms with Gasteiger partial charge in [-0.05, 0) is 36.0 Å². The van der Waals surface area contributed by atoms with Gasteiger partial charge < -0.3 is 11.1 Å². The summed E-state index contributed by atoms with van der Waals surface area (Å²) in [5.74, 6) is 0.606. The summed E-state index contributed by atoms with van der Waals surface area (Å²) in [6.45, 7) is 4.38. The van der Waals surface area contributed by atoms with Crippen LogP contribution in [-0.4, -0.2) is 0 Å². The van der Waals surface area contributed by atoms with Crippen LogP contribution in [0.25, 0.3) is 0 Å². The van der Waals surface area contributed by atoms with Gasteiger partial charge in [0.25, 0.3) is 0 Å². The Morgan fingerprint density at radius 1 is 1.30 bits per heavy atom. The third-order valence-electron chi connectivity index (χ3n) is 3.91. The molecule has 2 aromatic carbocycles. The Kier molecular flexibility index (Phi) is 2.89. The van der Waals surface area contributed by atoms with E-state index in [0.29, 0.717) is 17.9 Å². The molecule has 0 aliphatic carbocycles. The second-order valence-electron chi connectivity index (χ2n) is 5.98. The largest absolute Gasteiger partial charge is 0.395 e. The van der Waals surface area contributed by atoms with Gasteiger partial charge >= 0.3 is 0 Å². The number of hydrogen-bond donors (Lipinski definition) is 2. The lowest BCUT2D eigenvalue weighted by Gasteiger charge is -2.14. The van der Waals surface area contributed by atoms with Crippen molar-refractivity contribution >= 4 is 11.4 Å². The Hall–Kier alpha value is -2.10. The first-order chi connectivity index (χ1) is 9.47. The standard InChI is InChI=1S/C16H18N2O2/c1-8(2)5-9-3-4-10-7-12(18-11(10)6-9)13-14(17)16(20)15(13)19/h3-4,6,8,12,18H,5,7,17H2,1-2H3. The molecule has 1 aliphatic rings. The molecule has 0 aromatic heterocycles. The summed E-state index contributed by atoms with van der Waals surface area (Å²) in [6, 6.07) is 6.22. The first-order valence-electron chi connectivity index (χ1n) is 6.94. The molecule has 0 amide bonds. The summed E-state index contributed by atoms with van der Waals surface area (Å²) >= 11 is 0. The van der Waals surface area contributed by atoms with Crippen molar-refractivity contribution in [3.63, 3.8) is 0 Å². The molecule has 0 fully saturated rings.